The molecule has 19 heavy (non-hydrogen) atoms. The van der Waals surface area contributed by atoms with E-state index in [2.05, 4.69) is 15.3 Å². The third-order valence-corrected chi connectivity index (χ3v) is 2.64. The fourth-order valence-electron chi connectivity index (χ4n) is 1.75. The van der Waals surface area contributed by atoms with Crippen LogP contribution in [0.2, 0.25) is 0 Å². The number of anilines is 1. The molecule has 0 atom stereocenters. The molecule has 0 unspecified atom stereocenters. The van der Waals surface area contributed by atoms with E-state index in [9.17, 15) is 4.79 Å². The zero-order valence-corrected chi connectivity index (χ0v) is 10.2. The molecule has 0 bridgehead atoms. The largest absolute Gasteiger partial charge is 0.454 e. The Morgan fingerprint density at radius 2 is 2.11 bits per heavy atom. The van der Waals surface area contributed by atoms with Gasteiger partial charge in [0, 0.05) is 18.0 Å². The Kier molecular flexibility index (Phi) is 2.75. The predicted octanol–water partition coefficient (Wildman–Crippen LogP) is 1.77. The molecule has 0 spiro atoms. The van der Waals surface area contributed by atoms with Crippen LogP contribution in [0, 0.1) is 6.92 Å². The standard InChI is InChI=1S/C13H11N3O3/c1-8-14-5-4-10(15-8)13(17)16-9-2-3-11-12(6-9)19-7-18-11/h2-6H,7H2,1H3,(H,16,17). The Morgan fingerprint density at radius 3 is 2.95 bits per heavy atom. The van der Waals surface area contributed by atoms with Crippen LogP contribution in [0.4, 0.5) is 5.69 Å². The van der Waals surface area contributed by atoms with Crippen LogP contribution in [0.15, 0.2) is 30.5 Å². The Bertz CT molecular complexity index is 643. The van der Waals surface area contributed by atoms with Gasteiger partial charge in [-0.1, -0.05) is 0 Å². The number of hydrogen-bond acceptors (Lipinski definition) is 5. The van der Waals surface area contributed by atoms with Crippen molar-refractivity contribution in [2.45, 2.75) is 6.92 Å². The Hall–Kier alpha value is -2.63. The van der Waals surface area contributed by atoms with Gasteiger partial charge in [-0.25, -0.2) is 9.97 Å². The monoisotopic (exact) mass is 257 g/mol. The van der Waals surface area contributed by atoms with E-state index in [0.29, 0.717) is 28.7 Å². The highest BCUT2D eigenvalue weighted by Crippen LogP contribution is 2.34. The van der Waals surface area contributed by atoms with Crippen LogP contribution in [-0.2, 0) is 0 Å². The van der Waals surface area contributed by atoms with Crippen LogP contribution >= 0.6 is 0 Å². The molecule has 96 valence electrons. The molecular weight excluding hydrogens is 246 g/mol. The van der Waals surface area contributed by atoms with Gasteiger partial charge in [-0.15, -0.1) is 0 Å². The highest BCUT2D eigenvalue weighted by atomic mass is 16.7. The summed E-state index contributed by atoms with van der Waals surface area (Å²) in [5.41, 5.74) is 0.954. The van der Waals surface area contributed by atoms with E-state index in [1.54, 1.807) is 37.4 Å². The van der Waals surface area contributed by atoms with Gasteiger partial charge in [-0.2, -0.15) is 0 Å². The fraction of sp³-hybridized carbons (Fsp3) is 0.154. The van der Waals surface area contributed by atoms with E-state index in [1.165, 1.54) is 0 Å². The molecule has 1 amide bonds. The molecular formula is C13H11N3O3. The Labute approximate surface area is 109 Å². The van der Waals surface area contributed by atoms with E-state index < -0.39 is 0 Å². The van der Waals surface area contributed by atoms with Gasteiger partial charge < -0.3 is 14.8 Å². The smallest absolute Gasteiger partial charge is 0.274 e. The maximum Gasteiger partial charge on any atom is 0.274 e. The van der Waals surface area contributed by atoms with Crippen LogP contribution in [0.5, 0.6) is 11.5 Å². The number of ether oxygens (including phenoxy) is 2. The van der Waals surface area contributed by atoms with Crippen molar-refractivity contribution in [3.05, 3.63) is 42.0 Å². The lowest BCUT2D eigenvalue weighted by molar-refractivity contribution is 0.102. The van der Waals surface area contributed by atoms with Gasteiger partial charge in [0.2, 0.25) is 6.79 Å². The Morgan fingerprint density at radius 1 is 1.26 bits per heavy atom. The topological polar surface area (TPSA) is 73.3 Å². The van der Waals surface area contributed by atoms with E-state index in [4.69, 9.17) is 9.47 Å². The molecule has 6 nitrogen and oxygen atoms in total. The summed E-state index contributed by atoms with van der Waals surface area (Å²) in [5, 5.41) is 2.75. The first-order chi connectivity index (χ1) is 9.22. The molecule has 0 saturated carbocycles. The molecule has 1 aliphatic heterocycles. The summed E-state index contributed by atoms with van der Waals surface area (Å²) in [6.07, 6.45) is 1.55. The molecule has 1 N–H and O–H groups in total. The molecule has 1 aliphatic rings. The summed E-state index contributed by atoms with van der Waals surface area (Å²) in [6.45, 7) is 1.94. The molecule has 2 heterocycles. The molecule has 0 aliphatic carbocycles. The average Bonchev–Trinajstić information content (AvgIpc) is 2.86. The molecule has 3 rings (SSSR count). The van der Waals surface area contributed by atoms with Crippen molar-refractivity contribution < 1.29 is 14.3 Å². The molecule has 1 aromatic heterocycles. The van der Waals surface area contributed by atoms with Crippen molar-refractivity contribution >= 4 is 11.6 Å². The third kappa shape index (κ3) is 2.33. The summed E-state index contributed by atoms with van der Waals surface area (Å²) in [4.78, 5) is 20.0. The van der Waals surface area contributed by atoms with E-state index >= 15 is 0 Å². The van der Waals surface area contributed by atoms with Crippen molar-refractivity contribution in [1.82, 2.24) is 9.97 Å². The maximum atomic E-state index is 12.0. The number of nitrogens with one attached hydrogen (secondary N) is 1. The first-order valence-electron chi connectivity index (χ1n) is 5.73. The molecule has 0 fully saturated rings. The summed E-state index contributed by atoms with van der Waals surface area (Å²) < 4.78 is 10.4. The van der Waals surface area contributed by atoms with E-state index in [1.807, 2.05) is 0 Å². The predicted molar refractivity (Wildman–Crippen MR) is 67.3 cm³/mol. The van der Waals surface area contributed by atoms with Crippen LogP contribution in [-0.4, -0.2) is 22.7 Å². The minimum Gasteiger partial charge on any atom is -0.454 e. The van der Waals surface area contributed by atoms with Gasteiger partial charge in [-0.05, 0) is 25.1 Å². The number of nitrogens with zero attached hydrogens (tertiary/aromatic N) is 2. The minimum absolute atomic E-state index is 0.206. The number of aryl methyl sites for hydroxylation is 1. The van der Waals surface area contributed by atoms with Crippen LogP contribution in [0.1, 0.15) is 16.3 Å². The van der Waals surface area contributed by atoms with Crippen molar-refractivity contribution in [2.24, 2.45) is 0 Å². The number of hydrogen-bond donors (Lipinski definition) is 1. The number of carbonyl (C=O) groups excluding carboxylic acids is 1. The van der Waals surface area contributed by atoms with Gasteiger partial charge in [-0.3, -0.25) is 4.79 Å². The van der Waals surface area contributed by atoms with Crippen molar-refractivity contribution in [1.29, 1.82) is 0 Å². The number of amides is 1. The Balaban J connectivity index is 1.80. The zero-order valence-electron chi connectivity index (χ0n) is 10.2. The molecule has 0 radical (unpaired) electrons. The third-order valence-electron chi connectivity index (χ3n) is 2.64. The molecule has 2 aromatic rings. The zero-order chi connectivity index (χ0) is 13.2. The number of rotatable bonds is 2. The number of benzene rings is 1. The van der Waals surface area contributed by atoms with Crippen molar-refractivity contribution in [2.75, 3.05) is 12.1 Å². The summed E-state index contributed by atoms with van der Waals surface area (Å²) in [6, 6.07) is 6.78. The SMILES string of the molecule is Cc1nccc(C(=O)Nc2ccc3c(c2)OCO3)n1. The van der Waals surface area contributed by atoms with Crippen molar-refractivity contribution in [3.63, 3.8) is 0 Å². The fourth-order valence-corrected chi connectivity index (χ4v) is 1.75. The highest BCUT2D eigenvalue weighted by Gasteiger charge is 2.15. The average molecular weight is 257 g/mol. The summed E-state index contributed by atoms with van der Waals surface area (Å²) in [5.74, 6) is 1.57. The minimum atomic E-state index is -0.288. The number of carbonyl (C=O) groups is 1. The molecule has 1 aromatic carbocycles. The van der Waals surface area contributed by atoms with Gasteiger partial charge in [0.25, 0.3) is 5.91 Å². The van der Waals surface area contributed by atoms with Crippen LogP contribution < -0.4 is 14.8 Å². The summed E-state index contributed by atoms with van der Waals surface area (Å²) >= 11 is 0. The van der Waals surface area contributed by atoms with E-state index in [0.717, 1.165) is 0 Å². The second-order valence-corrected chi connectivity index (χ2v) is 4.01. The molecule has 6 heteroatoms. The number of aromatic nitrogens is 2. The lowest BCUT2D eigenvalue weighted by Crippen LogP contribution is -2.14. The second-order valence-electron chi connectivity index (χ2n) is 4.01. The van der Waals surface area contributed by atoms with Crippen molar-refractivity contribution in [3.8, 4) is 11.5 Å². The van der Waals surface area contributed by atoms with Crippen LogP contribution in [0.25, 0.3) is 0 Å². The first kappa shape index (κ1) is 11.5. The van der Waals surface area contributed by atoms with Crippen LogP contribution in [0.3, 0.4) is 0 Å². The van der Waals surface area contributed by atoms with Gasteiger partial charge in [0.1, 0.15) is 11.5 Å². The first-order valence-corrected chi connectivity index (χ1v) is 5.73. The highest BCUT2D eigenvalue weighted by molar-refractivity contribution is 6.02. The second kappa shape index (κ2) is 4.56. The van der Waals surface area contributed by atoms with Gasteiger partial charge in [0.15, 0.2) is 11.5 Å². The summed E-state index contributed by atoms with van der Waals surface area (Å²) in [7, 11) is 0. The lowest BCUT2D eigenvalue weighted by Gasteiger charge is -2.05. The quantitative estimate of drug-likeness (QED) is 0.887. The molecule has 0 saturated heterocycles. The number of fused-ring (bicyclic) bond motifs is 1. The van der Waals surface area contributed by atoms with E-state index in [-0.39, 0.29) is 12.7 Å². The van der Waals surface area contributed by atoms with Gasteiger partial charge >= 0.3 is 0 Å². The maximum absolute atomic E-state index is 12.0. The lowest BCUT2D eigenvalue weighted by atomic mass is 10.2. The van der Waals surface area contributed by atoms with Gasteiger partial charge in [0.05, 0.1) is 0 Å². The normalized spacial score (nSPS) is 12.3.